The van der Waals surface area contributed by atoms with Crippen LogP contribution in [0.3, 0.4) is 0 Å². The number of rotatable bonds is 7. The molecule has 166 valence electrons. The monoisotopic (exact) mass is 456 g/mol. The van der Waals surface area contributed by atoms with Gasteiger partial charge in [0.1, 0.15) is 15.4 Å². The Morgan fingerprint density at radius 2 is 1.81 bits per heavy atom. The number of nitrogens with zero attached hydrogens (tertiary/aromatic N) is 2. The maximum atomic E-state index is 12.6. The molecule has 0 saturated heterocycles. The highest BCUT2D eigenvalue weighted by molar-refractivity contribution is 7.17. The molecule has 0 radical (unpaired) electrons. The number of aryl methyl sites for hydroxylation is 1. The van der Waals surface area contributed by atoms with E-state index in [2.05, 4.69) is 15.8 Å². The number of nitro groups is 1. The molecule has 0 atom stereocenters. The highest BCUT2D eigenvalue weighted by Gasteiger charge is 2.25. The number of ether oxygens (including phenoxy) is 2. The van der Waals surface area contributed by atoms with Gasteiger partial charge in [0.15, 0.2) is 11.5 Å². The third kappa shape index (κ3) is 4.83. The minimum absolute atomic E-state index is 0.118. The van der Waals surface area contributed by atoms with Crippen LogP contribution in [0.25, 0.3) is 10.6 Å². The third-order valence-corrected chi connectivity index (χ3v) is 5.54. The van der Waals surface area contributed by atoms with Crippen LogP contribution in [0.1, 0.15) is 32.6 Å². The minimum atomic E-state index is -0.876. The van der Waals surface area contributed by atoms with E-state index in [0.717, 1.165) is 11.6 Å². The fourth-order valence-corrected chi connectivity index (χ4v) is 3.83. The first-order valence-electron chi connectivity index (χ1n) is 9.48. The third-order valence-electron chi connectivity index (χ3n) is 4.34. The number of hydrazine groups is 1. The first-order chi connectivity index (χ1) is 15.3. The molecule has 11 heteroatoms. The molecule has 0 fully saturated rings. The number of carbonyl (C=O) groups excluding carboxylic acids is 2. The number of aromatic nitrogens is 1. The Morgan fingerprint density at radius 3 is 2.44 bits per heavy atom. The van der Waals surface area contributed by atoms with E-state index >= 15 is 0 Å². The summed E-state index contributed by atoms with van der Waals surface area (Å²) in [6.07, 6.45) is 0. The number of thiazole rings is 1. The van der Waals surface area contributed by atoms with Crippen molar-refractivity contribution in [3.63, 3.8) is 0 Å². The van der Waals surface area contributed by atoms with Crippen molar-refractivity contribution in [3.05, 3.63) is 68.7 Å². The van der Waals surface area contributed by atoms with E-state index in [1.807, 2.05) is 30.3 Å². The van der Waals surface area contributed by atoms with Crippen molar-refractivity contribution in [1.29, 1.82) is 0 Å². The molecule has 3 aromatic rings. The van der Waals surface area contributed by atoms with Crippen LogP contribution in [-0.2, 0) is 0 Å². The van der Waals surface area contributed by atoms with Gasteiger partial charge < -0.3 is 9.47 Å². The molecule has 2 N–H and O–H groups in total. The number of hydrogen-bond acceptors (Lipinski definition) is 8. The quantitative estimate of drug-likeness (QED) is 0.411. The van der Waals surface area contributed by atoms with E-state index in [1.165, 1.54) is 24.5 Å². The Morgan fingerprint density at radius 1 is 1.12 bits per heavy atom. The molecule has 0 saturated carbocycles. The highest BCUT2D eigenvalue weighted by Crippen LogP contribution is 2.34. The number of hydrogen-bond donors (Lipinski definition) is 2. The molecule has 32 heavy (non-hydrogen) atoms. The van der Waals surface area contributed by atoms with Crippen LogP contribution in [0.5, 0.6) is 11.5 Å². The predicted molar refractivity (Wildman–Crippen MR) is 118 cm³/mol. The lowest BCUT2D eigenvalue weighted by atomic mass is 10.1. The summed E-state index contributed by atoms with van der Waals surface area (Å²) < 4.78 is 10.5. The van der Waals surface area contributed by atoms with Crippen molar-refractivity contribution in [2.24, 2.45) is 0 Å². The summed E-state index contributed by atoms with van der Waals surface area (Å²) in [6.45, 7) is 3.67. The fourth-order valence-electron chi connectivity index (χ4n) is 2.86. The molecule has 0 aliphatic heterocycles. The average Bonchev–Trinajstić information content (AvgIpc) is 3.19. The number of methoxy groups -OCH3 is 1. The molecule has 1 aromatic heterocycles. The van der Waals surface area contributed by atoms with Gasteiger partial charge in [-0.3, -0.25) is 30.6 Å². The van der Waals surface area contributed by atoms with Crippen LogP contribution < -0.4 is 20.3 Å². The first kappa shape index (κ1) is 22.7. The normalized spacial score (nSPS) is 10.3. The van der Waals surface area contributed by atoms with Crippen LogP contribution >= 0.6 is 11.3 Å². The molecule has 0 bridgehead atoms. The summed E-state index contributed by atoms with van der Waals surface area (Å²) >= 11 is 1.17. The standard InChI is InChI=1S/C21H20N4O6S/c1-4-31-17-10-14(15(25(28)29)11-16(17)30-3)19(26)23-24-20(27)18-12(2)22-21(32-18)13-8-6-5-7-9-13/h5-11H,4H2,1-3H3,(H,23,26)(H,24,27). The van der Waals surface area contributed by atoms with Gasteiger partial charge in [0, 0.05) is 11.6 Å². The van der Waals surface area contributed by atoms with Gasteiger partial charge in [0.25, 0.3) is 17.5 Å². The Bertz CT molecular complexity index is 1160. The lowest BCUT2D eigenvalue weighted by molar-refractivity contribution is -0.385. The summed E-state index contributed by atoms with van der Waals surface area (Å²) in [5.41, 5.74) is 5.08. The zero-order valence-electron chi connectivity index (χ0n) is 17.5. The van der Waals surface area contributed by atoms with E-state index < -0.39 is 22.4 Å². The molecule has 0 spiro atoms. The summed E-state index contributed by atoms with van der Waals surface area (Å²) in [5.74, 6) is -1.17. The van der Waals surface area contributed by atoms with E-state index in [0.29, 0.717) is 15.6 Å². The highest BCUT2D eigenvalue weighted by atomic mass is 32.1. The van der Waals surface area contributed by atoms with Crippen LogP contribution in [0.4, 0.5) is 5.69 Å². The van der Waals surface area contributed by atoms with Crippen molar-refractivity contribution >= 4 is 28.8 Å². The Labute approximate surface area is 187 Å². The van der Waals surface area contributed by atoms with Gasteiger partial charge in [-0.1, -0.05) is 30.3 Å². The summed E-state index contributed by atoms with van der Waals surface area (Å²) in [5, 5.41) is 12.1. The van der Waals surface area contributed by atoms with E-state index in [4.69, 9.17) is 9.47 Å². The van der Waals surface area contributed by atoms with Crippen molar-refractivity contribution in [1.82, 2.24) is 15.8 Å². The summed E-state index contributed by atoms with van der Waals surface area (Å²) in [4.78, 5) is 40.7. The topological polar surface area (TPSA) is 133 Å². The molecule has 10 nitrogen and oxygen atoms in total. The van der Waals surface area contributed by atoms with Crippen LogP contribution in [0, 0.1) is 17.0 Å². The van der Waals surface area contributed by atoms with Gasteiger partial charge in [-0.25, -0.2) is 4.98 Å². The van der Waals surface area contributed by atoms with E-state index in [9.17, 15) is 19.7 Å². The molecular formula is C21H20N4O6S. The largest absolute Gasteiger partial charge is 0.493 e. The second-order valence-corrected chi connectivity index (χ2v) is 7.42. The summed E-state index contributed by atoms with van der Waals surface area (Å²) in [6, 6.07) is 11.7. The zero-order valence-corrected chi connectivity index (χ0v) is 18.3. The SMILES string of the molecule is CCOc1cc(C(=O)NNC(=O)c2sc(-c3ccccc3)nc2C)c([N+](=O)[O-])cc1OC. The number of nitrogens with one attached hydrogen (secondary N) is 2. The second kappa shape index (κ2) is 9.88. The number of nitro benzene ring substituents is 1. The van der Waals surface area contributed by atoms with Crippen LogP contribution in [0.2, 0.25) is 0 Å². The lowest BCUT2D eigenvalue weighted by Gasteiger charge is -2.12. The van der Waals surface area contributed by atoms with Gasteiger partial charge in [-0.2, -0.15) is 0 Å². The van der Waals surface area contributed by atoms with E-state index in [1.54, 1.807) is 13.8 Å². The summed E-state index contributed by atoms with van der Waals surface area (Å²) in [7, 11) is 1.34. The molecular weight excluding hydrogens is 436 g/mol. The lowest BCUT2D eigenvalue weighted by Crippen LogP contribution is -2.41. The fraction of sp³-hybridized carbons (Fsp3) is 0.190. The molecule has 0 aliphatic rings. The molecule has 0 aliphatic carbocycles. The first-order valence-corrected chi connectivity index (χ1v) is 10.3. The Balaban J connectivity index is 1.80. The number of benzene rings is 2. The van der Waals surface area contributed by atoms with Crippen molar-refractivity contribution in [2.45, 2.75) is 13.8 Å². The molecule has 2 amide bonds. The Kier molecular flexibility index (Phi) is 7.00. The van der Waals surface area contributed by atoms with Gasteiger partial charge >= 0.3 is 0 Å². The number of amides is 2. The van der Waals surface area contributed by atoms with Gasteiger partial charge in [-0.05, 0) is 13.8 Å². The maximum absolute atomic E-state index is 12.6. The van der Waals surface area contributed by atoms with Crippen LogP contribution in [-0.4, -0.2) is 35.4 Å². The molecule has 2 aromatic carbocycles. The molecule has 3 rings (SSSR count). The predicted octanol–water partition coefficient (Wildman–Crippen LogP) is 3.51. The number of carbonyl (C=O) groups is 2. The Hall–Kier alpha value is -3.99. The molecule has 1 heterocycles. The molecule has 0 unspecified atom stereocenters. The smallest absolute Gasteiger partial charge is 0.286 e. The van der Waals surface area contributed by atoms with Gasteiger partial charge in [-0.15, -0.1) is 11.3 Å². The maximum Gasteiger partial charge on any atom is 0.286 e. The average molecular weight is 456 g/mol. The second-order valence-electron chi connectivity index (χ2n) is 6.42. The zero-order chi connectivity index (χ0) is 23.3. The van der Waals surface area contributed by atoms with Crippen molar-refractivity contribution in [2.75, 3.05) is 13.7 Å². The van der Waals surface area contributed by atoms with Gasteiger partial charge in [0.2, 0.25) is 0 Å². The van der Waals surface area contributed by atoms with Gasteiger partial charge in [0.05, 0.1) is 30.4 Å². The van der Waals surface area contributed by atoms with Crippen LogP contribution in [0.15, 0.2) is 42.5 Å². The minimum Gasteiger partial charge on any atom is -0.493 e. The van der Waals surface area contributed by atoms with Crippen molar-refractivity contribution in [3.8, 4) is 22.1 Å². The van der Waals surface area contributed by atoms with E-state index in [-0.39, 0.29) is 23.7 Å². The van der Waals surface area contributed by atoms with Crippen molar-refractivity contribution < 1.29 is 24.0 Å².